The normalized spacial score (nSPS) is 23.9. The monoisotopic (exact) mass is 348 g/mol. The van der Waals surface area contributed by atoms with Gasteiger partial charge in [-0.3, -0.25) is 4.79 Å². The van der Waals surface area contributed by atoms with Gasteiger partial charge in [0.15, 0.2) is 0 Å². The molecule has 0 aliphatic heterocycles. The molecule has 1 aromatic carbocycles. The lowest BCUT2D eigenvalue weighted by Crippen LogP contribution is -2.52. The Bertz CT molecular complexity index is 712. The lowest BCUT2D eigenvalue weighted by molar-refractivity contribution is -0.128. The van der Waals surface area contributed by atoms with Gasteiger partial charge >= 0.3 is 0 Å². The molecule has 3 N–H and O–H groups in total. The van der Waals surface area contributed by atoms with Gasteiger partial charge in [0.2, 0.25) is 17.6 Å². The van der Waals surface area contributed by atoms with E-state index >= 15 is 0 Å². The predicted molar refractivity (Wildman–Crippen MR) is 91.1 cm³/mol. The summed E-state index contributed by atoms with van der Waals surface area (Å²) in [7, 11) is 0. The van der Waals surface area contributed by atoms with Crippen molar-refractivity contribution in [1.29, 1.82) is 0 Å². The second-order valence-corrected chi connectivity index (χ2v) is 6.98. The molecule has 1 fully saturated rings. The van der Waals surface area contributed by atoms with Crippen molar-refractivity contribution >= 4 is 17.5 Å². The zero-order chi connectivity index (χ0) is 17.2. The number of carbonyl (C=O) groups excluding carboxylic acids is 1. The van der Waals surface area contributed by atoms with Crippen molar-refractivity contribution in [3.05, 3.63) is 35.2 Å². The van der Waals surface area contributed by atoms with Crippen LogP contribution in [0.1, 0.15) is 38.5 Å². The van der Waals surface area contributed by atoms with Crippen LogP contribution in [0.5, 0.6) is 0 Å². The molecule has 0 spiro atoms. The second kappa shape index (κ2) is 6.91. The minimum Gasteiger partial charge on any atom is -0.347 e. The standard InChI is InChI=1S/C17H21ClN4O2/c1-17(19)9-3-2-4-13(17)16(23)20-10-14-21-15(22-24-14)11-5-7-12(18)8-6-11/h5-8,13H,2-4,9-10,19H2,1H3,(H,20,23). The molecule has 0 bridgehead atoms. The fourth-order valence-electron chi connectivity index (χ4n) is 3.12. The van der Waals surface area contributed by atoms with Gasteiger partial charge in [0.25, 0.3) is 0 Å². The highest BCUT2D eigenvalue weighted by Crippen LogP contribution is 2.31. The first kappa shape index (κ1) is 16.9. The number of benzene rings is 1. The van der Waals surface area contributed by atoms with E-state index < -0.39 is 5.54 Å². The molecule has 1 heterocycles. The Morgan fingerprint density at radius 1 is 1.42 bits per heavy atom. The first-order valence-electron chi connectivity index (χ1n) is 8.11. The van der Waals surface area contributed by atoms with Crippen molar-refractivity contribution in [2.75, 3.05) is 0 Å². The van der Waals surface area contributed by atoms with Crippen molar-refractivity contribution in [2.45, 2.75) is 44.7 Å². The van der Waals surface area contributed by atoms with Crippen LogP contribution >= 0.6 is 11.6 Å². The van der Waals surface area contributed by atoms with Crippen molar-refractivity contribution in [1.82, 2.24) is 15.5 Å². The van der Waals surface area contributed by atoms with Gasteiger partial charge in [-0.2, -0.15) is 4.98 Å². The van der Waals surface area contributed by atoms with Gasteiger partial charge in [0.1, 0.15) is 0 Å². The van der Waals surface area contributed by atoms with Crippen LogP contribution in [0.4, 0.5) is 0 Å². The summed E-state index contributed by atoms with van der Waals surface area (Å²) in [5.41, 5.74) is 6.62. The molecule has 2 atom stereocenters. The van der Waals surface area contributed by atoms with Gasteiger partial charge < -0.3 is 15.6 Å². The van der Waals surface area contributed by atoms with Gasteiger partial charge in [0, 0.05) is 16.1 Å². The molecule has 1 saturated carbocycles. The van der Waals surface area contributed by atoms with Crippen LogP contribution in [0.25, 0.3) is 11.4 Å². The maximum atomic E-state index is 12.4. The van der Waals surface area contributed by atoms with Crippen molar-refractivity contribution < 1.29 is 9.32 Å². The summed E-state index contributed by atoms with van der Waals surface area (Å²) in [5, 5.41) is 7.44. The molecular formula is C17H21ClN4O2. The Kier molecular flexibility index (Phi) is 4.87. The molecule has 24 heavy (non-hydrogen) atoms. The van der Waals surface area contributed by atoms with Crippen molar-refractivity contribution in [3.63, 3.8) is 0 Å². The van der Waals surface area contributed by atoms with E-state index in [0.29, 0.717) is 16.7 Å². The molecule has 128 valence electrons. The fraction of sp³-hybridized carbons (Fsp3) is 0.471. The van der Waals surface area contributed by atoms with E-state index in [9.17, 15) is 4.79 Å². The molecule has 7 heteroatoms. The minimum absolute atomic E-state index is 0.0501. The van der Waals surface area contributed by atoms with Crippen LogP contribution in [0.15, 0.2) is 28.8 Å². The molecule has 1 aliphatic rings. The lowest BCUT2D eigenvalue weighted by Gasteiger charge is -2.37. The third-order valence-corrected chi connectivity index (χ3v) is 4.81. The molecule has 2 aromatic rings. The van der Waals surface area contributed by atoms with Crippen molar-refractivity contribution in [3.8, 4) is 11.4 Å². The largest absolute Gasteiger partial charge is 0.347 e. The number of halogens is 1. The molecule has 6 nitrogen and oxygen atoms in total. The van der Waals surface area contributed by atoms with Crippen LogP contribution in [0.2, 0.25) is 5.02 Å². The molecule has 2 unspecified atom stereocenters. The Morgan fingerprint density at radius 3 is 2.88 bits per heavy atom. The molecule has 3 rings (SSSR count). The van der Waals surface area contributed by atoms with E-state index in [-0.39, 0.29) is 18.4 Å². The van der Waals surface area contributed by atoms with Gasteiger partial charge in [-0.1, -0.05) is 29.6 Å². The van der Waals surface area contributed by atoms with E-state index in [2.05, 4.69) is 15.5 Å². The Labute approximate surface area is 145 Å². The third-order valence-electron chi connectivity index (χ3n) is 4.56. The Balaban J connectivity index is 1.61. The number of rotatable bonds is 4. The van der Waals surface area contributed by atoms with Crippen LogP contribution < -0.4 is 11.1 Å². The number of nitrogens with zero attached hydrogens (tertiary/aromatic N) is 2. The highest BCUT2D eigenvalue weighted by molar-refractivity contribution is 6.30. The molecule has 0 saturated heterocycles. The molecule has 1 amide bonds. The fourth-order valence-corrected chi connectivity index (χ4v) is 3.24. The first-order valence-corrected chi connectivity index (χ1v) is 8.48. The van der Waals surface area contributed by atoms with E-state index in [1.165, 1.54) is 0 Å². The zero-order valence-corrected chi connectivity index (χ0v) is 14.3. The third kappa shape index (κ3) is 3.76. The van der Waals surface area contributed by atoms with Crippen LogP contribution in [-0.2, 0) is 11.3 Å². The summed E-state index contributed by atoms with van der Waals surface area (Å²) in [6.45, 7) is 2.15. The number of nitrogens with one attached hydrogen (secondary N) is 1. The number of nitrogens with two attached hydrogens (primary N) is 1. The van der Waals surface area contributed by atoms with E-state index in [1.54, 1.807) is 12.1 Å². The minimum atomic E-state index is -0.453. The Hall–Kier alpha value is -1.92. The summed E-state index contributed by atoms with van der Waals surface area (Å²) in [4.78, 5) is 16.7. The van der Waals surface area contributed by atoms with Gasteiger partial charge in [-0.25, -0.2) is 0 Å². The number of hydrogen-bond acceptors (Lipinski definition) is 5. The predicted octanol–water partition coefficient (Wildman–Crippen LogP) is 2.91. The maximum absolute atomic E-state index is 12.4. The summed E-state index contributed by atoms with van der Waals surface area (Å²) < 4.78 is 5.20. The summed E-state index contributed by atoms with van der Waals surface area (Å²) in [6, 6.07) is 7.16. The van der Waals surface area contributed by atoms with Gasteiger partial charge in [-0.15, -0.1) is 0 Å². The molecule has 1 aromatic heterocycles. The lowest BCUT2D eigenvalue weighted by atomic mass is 9.74. The maximum Gasteiger partial charge on any atom is 0.246 e. The number of aromatic nitrogens is 2. The second-order valence-electron chi connectivity index (χ2n) is 6.54. The molecule has 0 radical (unpaired) electrons. The number of hydrogen-bond donors (Lipinski definition) is 2. The summed E-state index contributed by atoms with van der Waals surface area (Å²) in [5.74, 6) is 0.607. The van der Waals surface area contributed by atoms with Crippen LogP contribution in [-0.4, -0.2) is 21.6 Å². The Morgan fingerprint density at radius 2 is 2.17 bits per heavy atom. The van der Waals surface area contributed by atoms with Crippen molar-refractivity contribution in [2.24, 2.45) is 11.7 Å². The molecular weight excluding hydrogens is 328 g/mol. The number of carbonyl (C=O) groups is 1. The van der Waals surface area contributed by atoms with Gasteiger partial charge in [0.05, 0.1) is 12.5 Å². The summed E-state index contributed by atoms with van der Waals surface area (Å²) in [6.07, 6.45) is 3.79. The highest BCUT2D eigenvalue weighted by Gasteiger charge is 2.37. The highest BCUT2D eigenvalue weighted by atomic mass is 35.5. The molecule has 1 aliphatic carbocycles. The quantitative estimate of drug-likeness (QED) is 0.885. The number of amides is 1. The first-order chi connectivity index (χ1) is 11.5. The zero-order valence-electron chi connectivity index (χ0n) is 13.6. The smallest absolute Gasteiger partial charge is 0.246 e. The average Bonchev–Trinajstić information content (AvgIpc) is 3.02. The average molecular weight is 349 g/mol. The topological polar surface area (TPSA) is 94.0 Å². The van der Waals surface area contributed by atoms with E-state index in [4.69, 9.17) is 21.9 Å². The summed E-state index contributed by atoms with van der Waals surface area (Å²) >= 11 is 5.86. The van der Waals surface area contributed by atoms with E-state index in [1.807, 2.05) is 19.1 Å². The van der Waals surface area contributed by atoms with Gasteiger partial charge in [-0.05, 0) is 44.0 Å². The van der Waals surface area contributed by atoms with Crippen LogP contribution in [0, 0.1) is 5.92 Å². The van der Waals surface area contributed by atoms with E-state index in [0.717, 1.165) is 31.2 Å². The SMILES string of the molecule is CC1(N)CCCCC1C(=O)NCc1nc(-c2ccc(Cl)cc2)no1. The van der Waals surface area contributed by atoms with Crippen LogP contribution in [0.3, 0.4) is 0 Å².